The van der Waals surface area contributed by atoms with Crippen LogP contribution >= 0.6 is 11.8 Å². The van der Waals surface area contributed by atoms with E-state index in [1.54, 1.807) is 0 Å². The first-order valence-corrected chi connectivity index (χ1v) is 8.88. The number of para-hydroxylation sites is 1. The Hall–Kier alpha value is -0.930. The molecule has 0 amide bonds. The monoisotopic (exact) mass is 290 g/mol. The van der Waals surface area contributed by atoms with Crippen molar-refractivity contribution in [2.45, 2.75) is 39.8 Å². The summed E-state index contributed by atoms with van der Waals surface area (Å²) in [7, 11) is 0. The van der Waals surface area contributed by atoms with E-state index >= 15 is 0 Å². The number of fused-ring (bicyclic) bond motifs is 1. The van der Waals surface area contributed by atoms with E-state index in [0.29, 0.717) is 0 Å². The van der Waals surface area contributed by atoms with E-state index in [1.165, 1.54) is 40.9 Å². The Labute approximate surface area is 126 Å². The molecule has 0 unspecified atom stereocenters. The highest BCUT2D eigenvalue weighted by Crippen LogP contribution is 2.20. The van der Waals surface area contributed by atoms with Crippen molar-refractivity contribution in [2.24, 2.45) is 0 Å². The van der Waals surface area contributed by atoms with E-state index in [9.17, 15) is 0 Å². The molecule has 1 aromatic heterocycles. The van der Waals surface area contributed by atoms with Gasteiger partial charge >= 0.3 is 0 Å². The second-order valence-electron chi connectivity index (χ2n) is 5.07. The van der Waals surface area contributed by atoms with Crippen LogP contribution in [0.5, 0.6) is 0 Å². The van der Waals surface area contributed by atoms with Crippen LogP contribution in [0.2, 0.25) is 0 Å². The molecule has 0 radical (unpaired) electrons. The molecule has 0 saturated heterocycles. The molecule has 0 spiro atoms. The lowest BCUT2D eigenvalue weighted by molar-refractivity contribution is 0.611. The number of hydrogen-bond donors (Lipinski definition) is 1. The van der Waals surface area contributed by atoms with Gasteiger partial charge in [-0.05, 0) is 48.4 Å². The summed E-state index contributed by atoms with van der Waals surface area (Å²) in [6, 6.07) is 11.1. The summed E-state index contributed by atoms with van der Waals surface area (Å²) in [5, 5.41) is 4.89. The van der Waals surface area contributed by atoms with Crippen LogP contribution in [0.4, 0.5) is 0 Å². The highest BCUT2D eigenvalue weighted by atomic mass is 32.2. The molecule has 3 heteroatoms. The molecule has 0 aliphatic heterocycles. The normalized spacial score (nSPS) is 11.3. The van der Waals surface area contributed by atoms with E-state index in [2.05, 4.69) is 54.1 Å². The van der Waals surface area contributed by atoms with Gasteiger partial charge in [0.2, 0.25) is 0 Å². The predicted octanol–water partition coefficient (Wildman–Crippen LogP) is 4.28. The van der Waals surface area contributed by atoms with Crippen molar-refractivity contribution in [3.05, 3.63) is 36.0 Å². The molecular weight excluding hydrogens is 264 g/mol. The lowest BCUT2D eigenvalue weighted by atomic mass is 10.2. The third kappa shape index (κ3) is 4.03. The van der Waals surface area contributed by atoms with E-state index in [0.717, 1.165) is 19.6 Å². The maximum Gasteiger partial charge on any atom is 0.0482 e. The number of rotatable bonds is 9. The summed E-state index contributed by atoms with van der Waals surface area (Å²) < 4.78 is 2.49. The van der Waals surface area contributed by atoms with Crippen LogP contribution in [-0.4, -0.2) is 22.6 Å². The molecule has 1 aromatic carbocycles. The van der Waals surface area contributed by atoms with Crippen molar-refractivity contribution in [3.8, 4) is 0 Å². The van der Waals surface area contributed by atoms with Gasteiger partial charge in [-0.1, -0.05) is 32.0 Å². The van der Waals surface area contributed by atoms with Gasteiger partial charge in [-0.25, -0.2) is 0 Å². The summed E-state index contributed by atoms with van der Waals surface area (Å²) in [4.78, 5) is 0. The number of nitrogens with zero attached hydrogens (tertiary/aromatic N) is 1. The Bertz CT molecular complexity index is 519. The number of thioether (sulfide) groups is 1. The summed E-state index contributed by atoms with van der Waals surface area (Å²) in [6.45, 7) is 7.64. The maximum absolute atomic E-state index is 3.53. The summed E-state index contributed by atoms with van der Waals surface area (Å²) in [5.74, 6) is 2.47. The second-order valence-corrected chi connectivity index (χ2v) is 6.47. The summed E-state index contributed by atoms with van der Waals surface area (Å²) in [5.41, 5.74) is 2.79. The van der Waals surface area contributed by atoms with E-state index in [-0.39, 0.29) is 0 Å². The molecule has 110 valence electrons. The zero-order valence-electron chi connectivity index (χ0n) is 12.7. The summed E-state index contributed by atoms with van der Waals surface area (Å²) >= 11 is 2.03. The minimum atomic E-state index is 0.976. The third-order valence-electron chi connectivity index (χ3n) is 3.50. The van der Waals surface area contributed by atoms with Crippen molar-refractivity contribution in [2.75, 3.05) is 18.1 Å². The van der Waals surface area contributed by atoms with Crippen LogP contribution in [0, 0.1) is 0 Å². The quantitative estimate of drug-likeness (QED) is 0.694. The third-order valence-corrected chi connectivity index (χ3v) is 4.49. The van der Waals surface area contributed by atoms with Crippen molar-refractivity contribution in [1.82, 2.24) is 9.88 Å². The Morgan fingerprint density at radius 1 is 1.20 bits per heavy atom. The predicted molar refractivity (Wildman–Crippen MR) is 91.6 cm³/mol. The van der Waals surface area contributed by atoms with Gasteiger partial charge in [-0.2, -0.15) is 11.8 Å². The lowest BCUT2D eigenvalue weighted by Gasteiger charge is -2.11. The van der Waals surface area contributed by atoms with Crippen molar-refractivity contribution >= 4 is 22.7 Å². The molecule has 0 aliphatic rings. The standard InChI is InChI=1S/C17H26N2S/c1-3-10-18-14-16-13-15-8-5-6-9-17(15)19(16)11-7-12-20-4-2/h5-6,8-9,13,18H,3-4,7,10-12,14H2,1-2H3. The van der Waals surface area contributed by atoms with Gasteiger partial charge in [0.15, 0.2) is 0 Å². The first-order valence-electron chi connectivity index (χ1n) is 7.72. The molecule has 0 atom stereocenters. The van der Waals surface area contributed by atoms with Gasteiger partial charge in [0.1, 0.15) is 0 Å². The Kier molecular flexibility index (Phi) is 6.48. The number of nitrogens with one attached hydrogen (secondary N) is 1. The van der Waals surface area contributed by atoms with E-state index < -0.39 is 0 Å². The molecule has 1 N–H and O–H groups in total. The average Bonchev–Trinajstić information content (AvgIpc) is 2.82. The summed E-state index contributed by atoms with van der Waals surface area (Å²) in [6.07, 6.45) is 2.44. The van der Waals surface area contributed by atoms with Gasteiger partial charge in [-0.15, -0.1) is 0 Å². The highest BCUT2D eigenvalue weighted by Gasteiger charge is 2.07. The molecule has 2 aromatic rings. The number of hydrogen-bond acceptors (Lipinski definition) is 2. The van der Waals surface area contributed by atoms with Crippen molar-refractivity contribution < 1.29 is 0 Å². The molecule has 0 saturated carbocycles. The van der Waals surface area contributed by atoms with E-state index in [1.807, 2.05) is 11.8 Å². The molecule has 20 heavy (non-hydrogen) atoms. The van der Waals surface area contributed by atoms with Crippen LogP contribution in [0.25, 0.3) is 10.9 Å². The number of aryl methyl sites for hydroxylation is 1. The fourth-order valence-electron chi connectivity index (χ4n) is 2.54. The first-order chi connectivity index (χ1) is 9.86. The minimum Gasteiger partial charge on any atom is -0.343 e. The fourth-order valence-corrected chi connectivity index (χ4v) is 3.16. The highest BCUT2D eigenvalue weighted by molar-refractivity contribution is 7.99. The van der Waals surface area contributed by atoms with Crippen molar-refractivity contribution in [1.29, 1.82) is 0 Å². The largest absolute Gasteiger partial charge is 0.343 e. The Morgan fingerprint density at radius 3 is 2.85 bits per heavy atom. The first kappa shape index (κ1) is 15.5. The number of benzene rings is 1. The average molecular weight is 290 g/mol. The van der Waals surface area contributed by atoms with Gasteiger partial charge in [0.25, 0.3) is 0 Å². The Balaban J connectivity index is 2.11. The molecule has 2 nitrogen and oxygen atoms in total. The van der Waals surface area contributed by atoms with Crippen LogP contribution in [0.15, 0.2) is 30.3 Å². The van der Waals surface area contributed by atoms with E-state index in [4.69, 9.17) is 0 Å². The molecule has 1 heterocycles. The molecule has 0 fully saturated rings. The molecule has 0 aliphatic carbocycles. The van der Waals surface area contributed by atoms with Gasteiger partial charge in [0, 0.05) is 24.3 Å². The topological polar surface area (TPSA) is 17.0 Å². The SMILES string of the molecule is CCCNCc1cc2ccccc2n1CCCSCC. The second kappa shape index (κ2) is 8.38. The van der Waals surface area contributed by atoms with Crippen LogP contribution in [-0.2, 0) is 13.1 Å². The minimum absolute atomic E-state index is 0.976. The zero-order valence-corrected chi connectivity index (χ0v) is 13.5. The van der Waals surface area contributed by atoms with Crippen LogP contribution < -0.4 is 5.32 Å². The molecule has 0 bridgehead atoms. The van der Waals surface area contributed by atoms with Crippen LogP contribution in [0.3, 0.4) is 0 Å². The zero-order chi connectivity index (χ0) is 14.2. The van der Waals surface area contributed by atoms with Crippen molar-refractivity contribution in [3.63, 3.8) is 0 Å². The van der Waals surface area contributed by atoms with Gasteiger partial charge < -0.3 is 9.88 Å². The maximum atomic E-state index is 3.53. The number of aromatic nitrogens is 1. The van der Waals surface area contributed by atoms with Gasteiger partial charge in [-0.3, -0.25) is 0 Å². The lowest BCUT2D eigenvalue weighted by Crippen LogP contribution is -2.17. The van der Waals surface area contributed by atoms with Gasteiger partial charge in [0.05, 0.1) is 0 Å². The smallest absolute Gasteiger partial charge is 0.0482 e. The fraction of sp³-hybridized carbons (Fsp3) is 0.529. The molecular formula is C17H26N2S. The Morgan fingerprint density at radius 2 is 2.05 bits per heavy atom. The molecule has 2 rings (SSSR count). The van der Waals surface area contributed by atoms with Crippen LogP contribution in [0.1, 0.15) is 32.4 Å².